The van der Waals surface area contributed by atoms with Gasteiger partial charge in [-0.1, -0.05) is 19.3 Å². The molecule has 1 atom stereocenters. The third-order valence-electron chi connectivity index (χ3n) is 5.60. The summed E-state index contributed by atoms with van der Waals surface area (Å²) < 4.78 is 2.03. The van der Waals surface area contributed by atoms with Gasteiger partial charge in [-0.2, -0.15) is 0 Å². The molecule has 2 N–H and O–H groups in total. The normalized spacial score (nSPS) is 21.7. The predicted molar refractivity (Wildman–Crippen MR) is 108 cm³/mol. The smallest absolute Gasteiger partial charge is 0.225 e. The number of nitrogens with zero attached hydrogens (tertiary/aromatic N) is 4. The predicted octanol–water partition coefficient (Wildman–Crippen LogP) is 2.24. The van der Waals surface area contributed by atoms with Gasteiger partial charge in [0, 0.05) is 49.9 Å². The van der Waals surface area contributed by atoms with Gasteiger partial charge in [-0.15, -0.1) is 11.3 Å². The second-order valence-electron chi connectivity index (χ2n) is 7.50. The van der Waals surface area contributed by atoms with Crippen LogP contribution in [0.5, 0.6) is 0 Å². The van der Waals surface area contributed by atoms with Crippen LogP contribution >= 0.6 is 11.3 Å². The first kappa shape index (κ1) is 18.3. The minimum Gasteiger partial charge on any atom is -0.352 e. The van der Waals surface area contributed by atoms with E-state index in [1.165, 1.54) is 19.3 Å². The standard InChI is InChI=1S/C19H28N6OS/c1-20-18(21-11-16-13-25-9-10-27-19(25)23-16)22-15-7-8-24(12-15)17(26)14-5-3-2-4-6-14/h9-10,13-15H,2-8,11-12H2,1H3,(H2,20,21,22). The van der Waals surface area contributed by atoms with Crippen LogP contribution in [-0.4, -0.2) is 52.3 Å². The van der Waals surface area contributed by atoms with E-state index >= 15 is 0 Å². The molecule has 2 aliphatic rings. The summed E-state index contributed by atoms with van der Waals surface area (Å²) in [6, 6.07) is 0.259. The van der Waals surface area contributed by atoms with E-state index in [-0.39, 0.29) is 12.0 Å². The fourth-order valence-corrected chi connectivity index (χ4v) is 4.83. The highest BCUT2D eigenvalue weighted by atomic mass is 32.1. The van der Waals surface area contributed by atoms with Crippen LogP contribution in [0.15, 0.2) is 22.8 Å². The first-order valence-corrected chi connectivity index (χ1v) is 10.8. The number of fused-ring (bicyclic) bond motifs is 1. The second kappa shape index (κ2) is 8.29. The Morgan fingerprint density at radius 3 is 2.96 bits per heavy atom. The van der Waals surface area contributed by atoms with E-state index in [0.29, 0.717) is 12.5 Å². The summed E-state index contributed by atoms with van der Waals surface area (Å²) in [6.45, 7) is 2.25. The first-order valence-electron chi connectivity index (χ1n) is 9.90. The minimum atomic E-state index is 0.254. The zero-order chi connectivity index (χ0) is 18.6. The molecule has 1 saturated carbocycles. The number of carbonyl (C=O) groups excluding carboxylic acids is 1. The van der Waals surface area contributed by atoms with Crippen molar-refractivity contribution in [1.82, 2.24) is 24.9 Å². The molecule has 3 heterocycles. The Balaban J connectivity index is 1.26. The van der Waals surface area contributed by atoms with Gasteiger partial charge in [0.2, 0.25) is 5.91 Å². The van der Waals surface area contributed by atoms with Crippen LogP contribution in [0.3, 0.4) is 0 Å². The molecule has 1 aliphatic carbocycles. The summed E-state index contributed by atoms with van der Waals surface area (Å²) in [5.74, 6) is 1.38. The number of guanidine groups is 1. The number of amides is 1. The number of aromatic nitrogens is 2. The summed E-state index contributed by atoms with van der Waals surface area (Å²) in [6.07, 6.45) is 10.8. The van der Waals surface area contributed by atoms with Crippen molar-refractivity contribution in [3.63, 3.8) is 0 Å². The zero-order valence-electron chi connectivity index (χ0n) is 15.9. The van der Waals surface area contributed by atoms with Crippen molar-refractivity contribution in [2.45, 2.75) is 51.1 Å². The molecule has 1 aliphatic heterocycles. The van der Waals surface area contributed by atoms with E-state index < -0.39 is 0 Å². The Bertz CT molecular complexity index is 778. The molecule has 1 saturated heterocycles. The van der Waals surface area contributed by atoms with E-state index in [1.807, 2.05) is 27.1 Å². The molecule has 146 valence electrons. The summed E-state index contributed by atoms with van der Waals surface area (Å²) in [7, 11) is 1.78. The lowest BCUT2D eigenvalue weighted by atomic mass is 9.88. The summed E-state index contributed by atoms with van der Waals surface area (Å²) >= 11 is 1.63. The molecule has 1 amide bonds. The number of thiazole rings is 1. The molecular formula is C19H28N6OS. The highest BCUT2D eigenvalue weighted by Crippen LogP contribution is 2.26. The van der Waals surface area contributed by atoms with Crippen molar-refractivity contribution in [1.29, 1.82) is 0 Å². The maximum atomic E-state index is 12.7. The average molecular weight is 389 g/mol. The first-order chi connectivity index (χ1) is 13.2. The molecule has 2 fully saturated rings. The SMILES string of the molecule is CN=C(NCc1cn2ccsc2n1)NC1CCN(C(=O)C2CCCCC2)C1. The maximum absolute atomic E-state index is 12.7. The topological polar surface area (TPSA) is 74.0 Å². The van der Waals surface area contributed by atoms with Crippen LogP contribution in [0.1, 0.15) is 44.2 Å². The van der Waals surface area contributed by atoms with E-state index in [4.69, 9.17) is 0 Å². The lowest BCUT2D eigenvalue weighted by molar-refractivity contribution is -0.135. The Morgan fingerprint density at radius 2 is 2.19 bits per heavy atom. The van der Waals surface area contributed by atoms with E-state index in [9.17, 15) is 4.79 Å². The van der Waals surface area contributed by atoms with Crippen molar-refractivity contribution in [2.75, 3.05) is 20.1 Å². The fourth-order valence-electron chi connectivity index (χ4n) is 4.11. The van der Waals surface area contributed by atoms with Crippen molar-refractivity contribution in [3.8, 4) is 0 Å². The number of rotatable bonds is 4. The van der Waals surface area contributed by atoms with Gasteiger partial charge in [-0.05, 0) is 19.3 Å². The molecule has 0 bridgehead atoms. The van der Waals surface area contributed by atoms with Crippen LogP contribution in [0.4, 0.5) is 0 Å². The fraction of sp³-hybridized carbons (Fsp3) is 0.632. The molecule has 2 aromatic rings. The van der Waals surface area contributed by atoms with Crippen LogP contribution in [0, 0.1) is 5.92 Å². The molecule has 7 nitrogen and oxygen atoms in total. The maximum Gasteiger partial charge on any atom is 0.225 e. The average Bonchev–Trinajstić information content (AvgIpc) is 3.41. The molecule has 4 rings (SSSR count). The van der Waals surface area contributed by atoms with Crippen LogP contribution in [0.25, 0.3) is 4.96 Å². The summed E-state index contributed by atoms with van der Waals surface area (Å²) in [5, 5.41) is 8.83. The lowest BCUT2D eigenvalue weighted by Gasteiger charge is -2.26. The third kappa shape index (κ3) is 4.26. The Hall–Kier alpha value is -2.09. The number of carbonyl (C=O) groups is 1. The zero-order valence-corrected chi connectivity index (χ0v) is 16.7. The van der Waals surface area contributed by atoms with Crippen LogP contribution in [0.2, 0.25) is 0 Å². The molecular weight excluding hydrogens is 360 g/mol. The van der Waals surface area contributed by atoms with Gasteiger partial charge in [-0.25, -0.2) is 4.98 Å². The van der Waals surface area contributed by atoms with Crippen molar-refractivity contribution in [2.24, 2.45) is 10.9 Å². The number of likely N-dealkylation sites (tertiary alicyclic amines) is 1. The summed E-state index contributed by atoms with van der Waals surface area (Å²) in [5.41, 5.74) is 0.991. The molecule has 1 unspecified atom stereocenters. The van der Waals surface area contributed by atoms with Gasteiger partial charge < -0.3 is 15.5 Å². The highest BCUT2D eigenvalue weighted by Gasteiger charge is 2.31. The van der Waals surface area contributed by atoms with Gasteiger partial charge in [0.1, 0.15) is 0 Å². The molecule has 8 heteroatoms. The largest absolute Gasteiger partial charge is 0.352 e. The second-order valence-corrected chi connectivity index (χ2v) is 8.37. The Morgan fingerprint density at radius 1 is 1.33 bits per heavy atom. The van der Waals surface area contributed by atoms with Crippen molar-refractivity contribution >= 4 is 28.2 Å². The number of hydrogen-bond donors (Lipinski definition) is 2. The number of nitrogens with one attached hydrogen (secondary N) is 2. The molecule has 0 spiro atoms. The lowest BCUT2D eigenvalue weighted by Crippen LogP contribution is -2.45. The highest BCUT2D eigenvalue weighted by molar-refractivity contribution is 7.15. The Labute approximate surface area is 163 Å². The van der Waals surface area contributed by atoms with Crippen LogP contribution in [-0.2, 0) is 11.3 Å². The number of imidazole rings is 1. The number of aliphatic imine (C=N–C) groups is 1. The molecule has 0 radical (unpaired) electrons. The minimum absolute atomic E-state index is 0.254. The van der Waals surface area contributed by atoms with Crippen LogP contribution < -0.4 is 10.6 Å². The third-order valence-corrected chi connectivity index (χ3v) is 6.37. The molecule has 27 heavy (non-hydrogen) atoms. The van der Waals surface area contributed by atoms with Gasteiger partial charge in [0.25, 0.3) is 0 Å². The van der Waals surface area contributed by atoms with E-state index in [2.05, 4.69) is 20.6 Å². The van der Waals surface area contributed by atoms with E-state index in [0.717, 1.165) is 49.0 Å². The van der Waals surface area contributed by atoms with Gasteiger partial charge in [0.05, 0.1) is 12.2 Å². The van der Waals surface area contributed by atoms with Crippen molar-refractivity contribution in [3.05, 3.63) is 23.5 Å². The van der Waals surface area contributed by atoms with E-state index in [1.54, 1.807) is 18.4 Å². The Kier molecular flexibility index (Phi) is 5.61. The monoisotopic (exact) mass is 388 g/mol. The van der Waals surface area contributed by atoms with Gasteiger partial charge in [-0.3, -0.25) is 14.2 Å². The van der Waals surface area contributed by atoms with Gasteiger partial charge >= 0.3 is 0 Å². The quantitative estimate of drug-likeness (QED) is 0.622. The summed E-state index contributed by atoms with van der Waals surface area (Å²) in [4.78, 5) is 24.7. The van der Waals surface area contributed by atoms with Crippen molar-refractivity contribution < 1.29 is 4.79 Å². The van der Waals surface area contributed by atoms with Gasteiger partial charge in [0.15, 0.2) is 10.9 Å². The molecule has 0 aromatic carbocycles. The molecule has 2 aromatic heterocycles. The number of hydrogen-bond acceptors (Lipinski definition) is 4.